The minimum atomic E-state index is 1.18. The Bertz CT molecular complexity index is 166. The molecule has 0 atom stereocenters. The van der Waals surface area contributed by atoms with Crippen LogP contribution < -0.4 is 0 Å². The van der Waals surface area contributed by atoms with Gasteiger partial charge in [0.1, 0.15) is 0 Å². The van der Waals surface area contributed by atoms with Gasteiger partial charge in [-0.15, -0.1) is 0 Å². The fraction of sp³-hybridized carbons (Fsp3) is 0.385. The second kappa shape index (κ2) is 13.5. The maximum atomic E-state index is 3.62. The molecule has 0 aromatic heterocycles. The molecule has 0 aliphatic heterocycles. The van der Waals surface area contributed by atoms with E-state index in [1.165, 1.54) is 12.0 Å². The van der Waals surface area contributed by atoms with Crippen LogP contribution in [-0.4, -0.2) is 0 Å². The Balaban J connectivity index is 0. The van der Waals surface area contributed by atoms with E-state index in [-0.39, 0.29) is 0 Å². The van der Waals surface area contributed by atoms with Crippen LogP contribution in [0.25, 0.3) is 0 Å². The largest absolute Gasteiger partial charge is 0.0990 e. The molecule has 0 unspecified atom stereocenters. The zero-order chi connectivity index (χ0) is 10.5. The predicted octanol–water partition coefficient (Wildman–Crippen LogP) is 4.67. The van der Waals surface area contributed by atoms with Gasteiger partial charge in [-0.05, 0) is 19.4 Å². The molecule has 0 aromatic rings. The van der Waals surface area contributed by atoms with Crippen molar-refractivity contribution >= 4 is 0 Å². The third-order valence-corrected chi connectivity index (χ3v) is 1.03. The van der Waals surface area contributed by atoms with Gasteiger partial charge in [0.05, 0.1) is 0 Å². The third kappa shape index (κ3) is 13.9. The highest BCUT2D eigenvalue weighted by atomic mass is 13.8. The van der Waals surface area contributed by atoms with Crippen LogP contribution in [0.3, 0.4) is 0 Å². The molecule has 0 aromatic carbocycles. The van der Waals surface area contributed by atoms with Gasteiger partial charge >= 0.3 is 0 Å². The molecule has 0 saturated heterocycles. The lowest BCUT2D eigenvalue weighted by atomic mass is 10.2. The Morgan fingerprint density at radius 1 is 1.08 bits per heavy atom. The van der Waals surface area contributed by atoms with Crippen LogP contribution in [0, 0.1) is 0 Å². The molecule has 0 bridgehead atoms. The molecule has 0 radical (unpaired) electrons. The van der Waals surface area contributed by atoms with E-state index >= 15 is 0 Å². The quantitative estimate of drug-likeness (QED) is 0.551. The molecule has 74 valence electrons. The van der Waals surface area contributed by atoms with Crippen LogP contribution in [0.1, 0.15) is 34.1 Å². The number of hydrogen-bond donors (Lipinski definition) is 0. The van der Waals surface area contributed by atoms with Crippen molar-refractivity contribution in [3.63, 3.8) is 0 Å². The maximum Gasteiger partial charge on any atom is -0.0263 e. The standard InChI is InChI=1S/C10H14.C3H8/c1-4-7-10(8-5-2)9-6-3;1-3-2/h4-9H,1H2,2-3H3;3H2,1-2H3/b8-5-,9-6+,10-7?;. The summed E-state index contributed by atoms with van der Waals surface area (Å²) in [4.78, 5) is 0. The molecule has 0 fully saturated rings. The molecule has 0 rings (SSSR count). The van der Waals surface area contributed by atoms with Gasteiger partial charge in [-0.3, -0.25) is 0 Å². The summed E-state index contributed by atoms with van der Waals surface area (Å²) in [6.07, 6.45) is 13.1. The Hall–Kier alpha value is -1.04. The lowest BCUT2D eigenvalue weighted by Gasteiger charge is -1.87. The van der Waals surface area contributed by atoms with Crippen molar-refractivity contribution in [2.45, 2.75) is 34.1 Å². The lowest BCUT2D eigenvalue weighted by molar-refractivity contribution is 1.09. The molecule has 0 amide bonds. The minimum absolute atomic E-state index is 1.18. The van der Waals surface area contributed by atoms with E-state index in [2.05, 4.69) is 20.4 Å². The van der Waals surface area contributed by atoms with Crippen LogP contribution in [0.15, 0.2) is 48.6 Å². The van der Waals surface area contributed by atoms with Crippen LogP contribution in [0.5, 0.6) is 0 Å². The van der Waals surface area contributed by atoms with Crippen molar-refractivity contribution in [2.75, 3.05) is 0 Å². The monoisotopic (exact) mass is 178 g/mol. The molecule has 0 saturated carbocycles. The van der Waals surface area contributed by atoms with Gasteiger partial charge in [0.25, 0.3) is 0 Å². The molecule has 0 spiro atoms. The van der Waals surface area contributed by atoms with E-state index in [1.807, 2.05) is 44.2 Å². The first-order valence-electron chi connectivity index (χ1n) is 4.84. The van der Waals surface area contributed by atoms with Gasteiger partial charge in [0, 0.05) is 0 Å². The van der Waals surface area contributed by atoms with Crippen LogP contribution in [0.2, 0.25) is 0 Å². The van der Waals surface area contributed by atoms with Gasteiger partial charge in [0.15, 0.2) is 0 Å². The molecule has 0 aliphatic rings. The summed E-state index contributed by atoms with van der Waals surface area (Å²) in [5.41, 5.74) is 1.18. The Kier molecular flexibility index (Phi) is 15.1. The van der Waals surface area contributed by atoms with E-state index in [0.717, 1.165) is 0 Å². The van der Waals surface area contributed by atoms with Gasteiger partial charge < -0.3 is 0 Å². The summed E-state index contributed by atoms with van der Waals surface area (Å²) in [6.45, 7) is 11.9. The minimum Gasteiger partial charge on any atom is -0.0990 e. The number of allylic oxidation sites excluding steroid dienone is 7. The summed E-state index contributed by atoms with van der Waals surface area (Å²) in [5, 5.41) is 0. The second-order valence-corrected chi connectivity index (χ2v) is 2.61. The third-order valence-electron chi connectivity index (χ3n) is 1.03. The predicted molar refractivity (Wildman–Crippen MR) is 63.9 cm³/mol. The SMILES string of the molecule is C=CC=C(/C=C\C)/C=C/C.CCC. The fourth-order valence-corrected chi connectivity index (χ4v) is 0.688. The Labute approximate surface area is 83.4 Å². The van der Waals surface area contributed by atoms with Gasteiger partial charge in [0.2, 0.25) is 0 Å². The molecule has 0 nitrogen and oxygen atoms in total. The average Bonchev–Trinajstić information content (AvgIpc) is 2.07. The van der Waals surface area contributed by atoms with Crippen molar-refractivity contribution in [2.24, 2.45) is 0 Å². The second-order valence-electron chi connectivity index (χ2n) is 2.61. The van der Waals surface area contributed by atoms with Crippen molar-refractivity contribution in [1.82, 2.24) is 0 Å². The highest BCUT2D eigenvalue weighted by molar-refractivity contribution is 5.32. The maximum absolute atomic E-state index is 3.62. The van der Waals surface area contributed by atoms with E-state index in [0.29, 0.717) is 0 Å². The van der Waals surface area contributed by atoms with E-state index < -0.39 is 0 Å². The van der Waals surface area contributed by atoms with E-state index in [9.17, 15) is 0 Å². The van der Waals surface area contributed by atoms with Crippen molar-refractivity contribution in [3.8, 4) is 0 Å². The van der Waals surface area contributed by atoms with Crippen molar-refractivity contribution in [1.29, 1.82) is 0 Å². The van der Waals surface area contributed by atoms with Gasteiger partial charge in [-0.1, -0.05) is 63.3 Å². The zero-order valence-electron chi connectivity index (χ0n) is 9.38. The summed E-state index contributed by atoms with van der Waals surface area (Å²) < 4.78 is 0. The van der Waals surface area contributed by atoms with E-state index in [4.69, 9.17) is 0 Å². The molecule has 13 heavy (non-hydrogen) atoms. The highest BCUT2D eigenvalue weighted by Crippen LogP contribution is 1.98. The Morgan fingerprint density at radius 2 is 1.46 bits per heavy atom. The number of rotatable bonds is 3. The molecular formula is C13H22. The molecule has 0 N–H and O–H groups in total. The molecular weight excluding hydrogens is 156 g/mol. The summed E-state index contributed by atoms with van der Waals surface area (Å²) in [5.74, 6) is 0. The summed E-state index contributed by atoms with van der Waals surface area (Å²) in [7, 11) is 0. The first kappa shape index (κ1) is 14.5. The lowest BCUT2D eigenvalue weighted by Crippen LogP contribution is -1.67. The highest BCUT2D eigenvalue weighted by Gasteiger charge is 1.78. The van der Waals surface area contributed by atoms with E-state index in [1.54, 1.807) is 6.08 Å². The van der Waals surface area contributed by atoms with Crippen LogP contribution >= 0.6 is 0 Å². The van der Waals surface area contributed by atoms with Crippen molar-refractivity contribution < 1.29 is 0 Å². The van der Waals surface area contributed by atoms with Crippen LogP contribution in [0.4, 0.5) is 0 Å². The molecule has 0 heteroatoms. The fourth-order valence-electron chi connectivity index (χ4n) is 0.688. The Morgan fingerprint density at radius 3 is 1.69 bits per heavy atom. The summed E-state index contributed by atoms with van der Waals surface area (Å²) in [6, 6.07) is 0. The molecule has 0 heterocycles. The molecule has 0 aliphatic carbocycles. The van der Waals surface area contributed by atoms with Crippen LogP contribution in [-0.2, 0) is 0 Å². The number of hydrogen-bond acceptors (Lipinski definition) is 0. The van der Waals surface area contributed by atoms with Gasteiger partial charge in [-0.2, -0.15) is 0 Å². The topological polar surface area (TPSA) is 0 Å². The normalized spacial score (nSPS) is 11.5. The zero-order valence-corrected chi connectivity index (χ0v) is 9.38. The van der Waals surface area contributed by atoms with Crippen molar-refractivity contribution in [3.05, 3.63) is 48.6 Å². The summed E-state index contributed by atoms with van der Waals surface area (Å²) >= 11 is 0. The first-order chi connectivity index (χ1) is 6.26. The van der Waals surface area contributed by atoms with Gasteiger partial charge in [-0.25, -0.2) is 0 Å². The average molecular weight is 178 g/mol. The first-order valence-corrected chi connectivity index (χ1v) is 4.84. The smallest absolute Gasteiger partial charge is 0.0263 e.